The monoisotopic (exact) mass is 378 g/mol. The second-order valence-electron chi connectivity index (χ2n) is 5.76. The fourth-order valence-corrected chi connectivity index (χ4v) is 2.46. The maximum absolute atomic E-state index is 12.1. The fraction of sp³-hybridized carbons (Fsp3) is 0.100. The van der Waals surface area contributed by atoms with Gasteiger partial charge < -0.3 is 20.5 Å². The van der Waals surface area contributed by atoms with Gasteiger partial charge in [0.1, 0.15) is 11.3 Å². The molecule has 0 unspecified atom stereocenters. The Bertz CT molecular complexity index is 972. The van der Waals surface area contributed by atoms with Crippen LogP contribution in [0.2, 0.25) is 0 Å². The average molecular weight is 378 g/mol. The van der Waals surface area contributed by atoms with E-state index in [-0.39, 0.29) is 17.9 Å². The first-order chi connectivity index (χ1) is 13.6. The molecule has 0 spiro atoms. The lowest BCUT2D eigenvalue weighted by atomic mass is 10.1. The minimum absolute atomic E-state index is 0.00571. The van der Waals surface area contributed by atoms with Gasteiger partial charge in [-0.2, -0.15) is 0 Å². The number of anilines is 2. The summed E-state index contributed by atoms with van der Waals surface area (Å²) in [5.41, 5.74) is 2.36. The lowest BCUT2D eigenvalue weighted by Crippen LogP contribution is -2.20. The first kappa shape index (κ1) is 18.8. The van der Waals surface area contributed by atoms with E-state index in [9.17, 15) is 9.59 Å². The average Bonchev–Trinajstić information content (AvgIpc) is 2.73. The number of amides is 1. The van der Waals surface area contributed by atoms with Gasteiger partial charge in [0, 0.05) is 30.7 Å². The standard InChI is InChI=1S/C20H18N4O4/c1-21-20-22-10-14(11-23-20)13-6-8-15(9-7-13)24-18(25)12-28-17-5-3-2-4-16(17)19(26)27/h2-11H,12H2,1H3,(H,24,25)(H,26,27)(H,21,22,23). The van der Waals surface area contributed by atoms with Crippen LogP contribution in [0, 0.1) is 0 Å². The second kappa shape index (κ2) is 8.63. The molecule has 1 amide bonds. The number of carbonyl (C=O) groups excluding carboxylic acids is 1. The Morgan fingerprint density at radius 1 is 1.00 bits per heavy atom. The van der Waals surface area contributed by atoms with Crippen molar-refractivity contribution in [2.75, 3.05) is 24.3 Å². The number of carboxylic acids is 1. The Morgan fingerprint density at radius 2 is 1.68 bits per heavy atom. The Kier molecular flexibility index (Phi) is 5.81. The van der Waals surface area contributed by atoms with Crippen molar-refractivity contribution in [3.63, 3.8) is 0 Å². The first-order valence-corrected chi connectivity index (χ1v) is 8.42. The Morgan fingerprint density at radius 3 is 2.32 bits per heavy atom. The molecule has 2 aromatic carbocycles. The Hall–Kier alpha value is -3.94. The smallest absolute Gasteiger partial charge is 0.339 e. The molecule has 8 heteroatoms. The van der Waals surface area contributed by atoms with Gasteiger partial charge in [-0.3, -0.25) is 4.79 Å². The van der Waals surface area contributed by atoms with Gasteiger partial charge in [0.25, 0.3) is 5.91 Å². The predicted molar refractivity (Wildman–Crippen MR) is 105 cm³/mol. The van der Waals surface area contributed by atoms with Gasteiger partial charge in [0.2, 0.25) is 5.95 Å². The van der Waals surface area contributed by atoms with Crippen LogP contribution in [0.3, 0.4) is 0 Å². The molecule has 3 N–H and O–H groups in total. The minimum Gasteiger partial charge on any atom is -0.483 e. The molecule has 0 aliphatic rings. The predicted octanol–water partition coefficient (Wildman–Crippen LogP) is 2.90. The topological polar surface area (TPSA) is 113 Å². The van der Waals surface area contributed by atoms with Crippen molar-refractivity contribution >= 4 is 23.5 Å². The second-order valence-corrected chi connectivity index (χ2v) is 5.76. The molecular weight excluding hydrogens is 360 g/mol. The van der Waals surface area contributed by atoms with Gasteiger partial charge in [0.05, 0.1) is 0 Å². The number of hydrogen-bond donors (Lipinski definition) is 3. The van der Waals surface area contributed by atoms with Gasteiger partial charge in [0.15, 0.2) is 6.61 Å². The van der Waals surface area contributed by atoms with Gasteiger partial charge in [-0.15, -0.1) is 0 Å². The Balaban J connectivity index is 1.59. The fourth-order valence-electron chi connectivity index (χ4n) is 2.46. The Labute approximate surface area is 161 Å². The highest BCUT2D eigenvalue weighted by Crippen LogP contribution is 2.21. The van der Waals surface area contributed by atoms with E-state index in [4.69, 9.17) is 9.84 Å². The van der Waals surface area contributed by atoms with E-state index in [2.05, 4.69) is 20.6 Å². The summed E-state index contributed by atoms with van der Waals surface area (Å²) >= 11 is 0. The highest BCUT2D eigenvalue weighted by molar-refractivity contribution is 5.93. The van der Waals surface area contributed by atoms with Crippen LogP contribution in [0.5, 0.6) is 5.75 Å². The third-order valence-electron chi connectivity index (χ3n) is 3.85. The molecule has 0 saturated heterocycles. The van der Waals surface area contributed by atoms with Crippen LogP contribution in [0.15, 0.2) is 60.9 Å². The molecule has 0 radical (unpaired) electrons. The van der Waals surface area contributed by atoms with Crippen LogP contribution in [0.1, 0.15) is 10.4 Å². The molecule has 0 aliphatic carbocycles. The molecule has 1 heterocycles. The minimum atomic E-state index is -1.11. The van der Waals surface area contributed by atoms with E-state index >= 15 is 0 Å². The van der Waals surface area contributed by atoms with Crippen molar-refractivity contribution in [1.82, 2.24) is 9.97 Å². The molecule has 8 nitrogen and oxygen atoms in total. The maximum Gasteiger partial charge on any atom is 0.339 e. The molecule has 1 aromatic heterocycles. The molecule has 142 valence electrons. The number of benzene rings is 2. The molecule has 0 fully saturated rings. The van der Waals surface area contributed by atoms with Gasteiger partial charge in [-0.1, -0.05) is 24.3 Å². The number of carboxylic acid groups (broad SMARTS) is 1. The quantitative estimate of drug-likeness (QED) is 0.579. The molecular formula is C20H18N4O4. The van der Waals surface area contributed by atoms with E-state index < -0.39 is 11.9 Å². The number of nitrogens with zero attached hydrogens (tertiary/aromatic N) is 2. The van der Waals surface area contributed by atoms with Crippen LogP contribution in [0.4, 0.5) is 11.6 Å². The third kappa shape index (κ3) is 4.61. The number of aromatic carboxylic acids is 1. The van der Waals surface area contributed by atoms with E-state index in [1.54, 1.807) is 43.7 Å². The number of carbonyl (C=O) groups is 2. The molecule has 3 rings (SSSR count). The van der Waals surface area contributed by atoms with E-state index in [1.807, 2.05) is 12.1 Å². The number of rotatable bonds is 7. The van der Waals surface area contributed by atoms with Crippen LogP contribution < -0.4 is 15.4 Å². The molecule has 0 atom stereocenters. The SMILES string of the molecule is CNc1ncc(-c2ccc(NC(=O)COc3ccccc3C(=O)O)cc2)cn1. The van der Waals surface area contributed by atoms with Crippen molar-refractivity contribution < 1.29 is 19.4 Å². The molecule has 0 saturated carbocycles. The molecule has 0 bridgehead atoms. The molecule has 0 aliphatic heterocycles. The number of ether oxygens (including phenoxy) is 1. The van der Waals surface area contributed by atoms with Crippen LogP contribution in [0.25, 0.3) is 11.1 Å². The normalized spacial score (nSPS) is 10.2. The van der Waals surface area contributed by atoms with Crippen molar-refractivity contribution in [3.05, 3.63) is 66.5 Å². The summed E-state index contributed by atoms with van der Waals surface area (Å²) in [6, 6.07) is 13.4. The molecule has 28 heavy (non-hydrogen) atoms. The highest BCUT2D eigenvalue weighted by Gasteiger charge is 2.12. The third-order valence-corrected chi connectivity index (χ3v) is 3.85. The zero-order valence-electron chi connectivity index (χ0n) is 15.0. The summed E-state index contributed by atoms with van der Waals surface area (Å²) in [6.45, 7) is -0.300. The highest BCUT2D eigenvalue weighted by atomic mass is 16.5. The summed E-state index contributed by atoms with van der Waals surface area (Å²) < 4.78 is 5.33. The van der Waals surface area contributed by atoms with Crippen molar-refractivity contribution in [2.45, 2.75) is 0 Å². The van der Waals surface area contributed by atoms with E-state index in [0.717, 1.165) is 11.1 Å². The zero-order valence-corrected chi connectivity index (χ0v) is 15.0. The van der Waals surface area contributed by atoms with Crippen molar-refractivity contribution in [1.29, 1.82) is 0 Å². The van der Waals surface area contributed by atoms with Crippen LogP contribution in [-0.4, -0.2) is 40.6 Å². The molecule has 3 aromatic rings. The summed E-state index contributed by atoms with van der Waals surface area (Å²) in [7, 11) is 1.75. The number of para-hydroxylation sites is 1. The summed E-state index contributed by atoms with van der Waals surface area (Å²) in [5, 5.41) is 14.7. The summed E-state index contributed by atoms with van der Waals surface area (Å²) in [4.78, 5) is 31.6. The van der Waals surface area contributed by atoms with Crippen molar-refractivity contribution in [2.24, 2.45) is 0 Å². The summed E-state index contributed by atoms with van der Waals surface area (Å²) in [5.74, 6) is -0.824. The lowest BCUT2D eigenvalue weighted by molar-refractivity contribution is -0.118. The maximum atomic E-state index is 12.1. The van der Waals surface area contributed by atoms with E-state index in [1.165, 1.54) is 12.1 Å². The van der Waals surface area contributed by atoms with E-state index in [0.29, 0.717) is 11.6 Å². The largest absolute Gasteiger partial charge is 0.483 e. The number of aromatic nitrogens is 2. The van der Waals surface area contributed by atoms with Crippen LogP contribution in [-0.2, 0) is 4.79 Å². The zero-order chi connectivity index (χ0) is 19.9. The van der Waals surface area contributed by atoms with Crippen LogP contribution >= 0.6 is 0 Å². The van der Waals surface area contributed by atoms with Gasteiger partial charge in [-0.05, 0) is 29.8 Å². The first-order valence-electron chi connectivity index (χ1n) is 8.42. The van der Waals surface area contributed by atoms with Crippen molar-refractivity contribution in [3.8, 4) is 16.9 Å². The lowest BCUT2D eigenvalue weighted by Gasteiger charge is -2.10. The summed E-state index contributed by atoms with van der Waals surface area (Å²) in [6.07, 6.45) is 3.42. The van der Waals surface area contributed by atoms with Gasteiger partial charge in [-0.25, -0.2) is 14.8 Å². The van der Waals surface area contributed by atoms with Gasteiger partial charge >= 0.3 is 5.97 Å². The number of hydrogen-bond acceptors (Lipinski definition) is 6. The number of nitrogens with one attached hydrogen (secondary N) is 2.